The molecule has 0 spiro atoms. The molecule has 0 fully saturated rings. The summed E-state index contributed by atoms with van der Waals surface area (Å²) in [6, 6.07) is 0. The van der Waals surface area contributed by atoms with Gasteiger partial charge in [-0.3, -0.25) is 9.41 Å². The van der Waals surface area contributed by atoms with Crippen molar-refractivity contribution in [3.05, 3.63) is 0 Å². The molecule has 0 aromatic rings. The van der Waals surface area contributed by atoms with Crippen LogP contribution in [0.4, 0.5) is 9.41 Å². The van der Waals surface area contributed by atoms with E-state index >= 15 is 0 Å². The van der Waals surface area contributed by atoms with Gasteiger partial charge in [0.1, 0.15) is 0 Å². The number of halogens is 2. The van der Waals surface area contributed by atoms with E-state index in [1.54, 1.807) is 0 Å². The van der Waals surface area contributed by atoms with Crippen molar-refractivity contribution in [1.29, 1.82) is 0 Å². The first-order valence-corrected chi connectivity index (χ1v) is 0. The topological polar surface area (TPSA) is 0 Å². The summed E-state index contributed by atoms with van der Waals surface area (Å²) < 4.78 is 0. The third-order valence-corrected chi connectivity index (χ3v) is 0. The molecule has 24 valence electrons. The fraction of sp³-hybridized carbons (Fsp3) is 0. The van der Waals surface area contributed by atoms with Crippen LogP contribution in [0.5, 0.6) is 0 Å². The molecule has 0 unspecified atom stereocenters. The fourth-order valence-electron chi connectivity index (χ4n) is 0. The van der Waals surface area contributed by atoms with Crippen molar-refractivity contribution < 1.29 is 9.41 Å². The van der Waals surface area contributed by atoms with Gasteiger partial charge in [-0.05, 0) is 0 Å². The average molecular weight is 221 g/mol. The van der Waals surface area contributed by atoms with E-state index in [1.165, 1.54) is 0 Å². The molecule has 0 saturated heterocycles. The molecule has 0 N–H and O–H groups in total. The first-order valence-electron chi connectivity index (χ1n) is 0. The maximum atomic E-state index is 0. The van der Waals surface area contributed by atoms with Crippen LogP contribution in [0, 0.1) is 0 Å². The molecule has 0 saturated carbocycles. The van der Waals surface area contributed by atoms with Gasteiger partial charge in [-0.2, -0.15) is 0 Å². The molecule has 0 atom stereocenters. The van der Waals surface area contributed by atoms with E-state index in [2.05, 4.69) is 0 Å². The summed E-state index contributed by atoms with van der Waals surface area (Å²) in [6.07, 6.45) is 0. The van der Waals surface area contributed by atoms with E-state index in [0.29, 0.717) is 0 Å². The van der Waals surface area contributed by atoms with Crippen LogP contribution in [0.3, 0.4) is 0 Å². The second-order valence-corrected chi connectivity index (χ2v) is 0. The molecule has 4 heavy (non-hydrogen) atoms. The second-order valence-electron chi connectivity index (χ2n) is 0. The third kappa shape index (κ3) is 8.83. The summed E-state index contributed by atoms with van der Waals surface area (Å²) in [6.45, 7) is 0. The van der Waals surface area contributed by atoms with Crippen LogP contribution in [0.2, 0.25) is 0 Å². The SMILES string of the molecule is F.F.[BaH2].[CaH2]. The quantitative estimate of drug-likeness (QED) is 0.436. The number of rotatable bonds is 0. The molecule has 0 radical (unpaired) electrons. The monoisotopic (exact) mass is 222 g/mol. The Morgan fingerprint density at radius 1 is 0.750 bits per heavy atom. The predicted octanol–water partition coefficient (Wildman–Crippen LogP) is -1.53. The zero-order chi connectivity index (χ0) is 0. The molecule has 0 aromatic carbocycles. The minimum absolute atomic E-state index is 0. The van der Waals surface area contributed by atoms with Crippen LogP contribution in [0.25, 0.3) is 0 Å². The van der Waals surface area contributed by atoms with E-state index < -0.39 is 0 Å². The molecule has 0 aromatic heterocycles. The van der Waals surface area contributed by atoms with Crippen molar-refractivity contribution in [2.45, 2.75) is 0 Å². The molecule has 0 rings (SSSR count). The zero-order valence-corrected chi connectivity index (χ0v) is 0.816. The van der Waals surface area contributed by atoms with Crippen LogP contribution < -0.4 is 0 Å². The summed E-state index contributed by atoms with van der Waals surface area (Å²) in [5.41, 5.74) is 0. The molecular weight excluding hydrogens is 215 g/mol. The van der Waals surface area contributed by atoms with Crippen molar-refractivity contribution in [2.75, 3.05) is 0 Å². The van der Waals surface area contributed by atoms with Crippen molar-refractivity contribution in [2.24, 2.45) is 0 Å². The predicted molar refractivity (Wildman–Crippen MR) is 22.1 cm³/mol. The molecule has 0 heterocycles. The van der Waals surface area contributed by atoms with E-state index in [1.807, 2.05) is 0 Å². The molecule has 0 aliphatic rings. The molecule has 0 amide bonds. The first kappa shape index (κ1) is 29.9. The van der Waals surface area contributed by atoms with Crippen LogP contribution in [-0.4, -0.2) is 86.6 Å². The van der Waals surface area contributed by atoms with E-state index in [9.17, 15) is 0 Å². The maximum absolute atomic E-state index is 0. The van der Waals surface area contributed by atoms with Gasteiger partial charge in [0.15, 0.2) is 0 Å². The Labute approximate surface area is 93.5 Å². The molecule has 0 aliphatic heterocycles. The van der Waals surface area contributed by atoms with Gasteiger partial charge in [-0.1, -0.05) is 0 Å². The van der Waals surface area contributed by atoms with Gasteiger partial charge < -0.3 is 0 Å². The summed E-state index contributed by atoms with van der Waals surface area (Å²) in [5.74, 6) is 0. The molecule has 0 bridgehead atoms. The summed E-state index contributed by atoms with van der Waals surface area (Å²) in [5, 5.41) is 0. The van der Waals surface area contributed by atoms with Gasteiger partial charge in [0.25, 0.3) is 0 Å². The van der Waals surface area contributed by atoms with Crippen molar-refractivity contribution in [3.8, 4) is 0 Å². The van der Waals surface area contributed by atoms with Crippen molar-refractivity contribution >= 4 is 86.6 Å². The van der Waals surface area contributed by atoms with Gasteiger partial charge >= 0.3 is 86.6 Å². The Morgan fingerprint density at radius 2 is 0.750 bits per heavy atom. The van der Waals surface area contributed by atoms with Crippen LogP contribution >= 0.6 is 0 Å². The standard InChI is InChI=1S/Ba.Ca.2FH.4H/h;;2*1H;;;;. The minimum atomic E-state index is 0. The van der Waals surface area contributed by atoms with Gasteiger partial charge in [-0.15, -0.1) is 0 Å². The van der Waals surface area contributed by atoms with Crippen LogP contribution in [0.1, 0.15) is 0 Å². The van der Waals surface area contributed by atoms with Crippen molar-refractivity contribution in [3.63, 3.8) is 0 Å². The van der Waals surface area contributed by atoms with E-state index in [0.717, 1.165) is 0 Å². The van der Waals surface area contributed by atoms with Gasteiger partial charge in [0, 0.05) is 0 Å². The fourth-order valence-corrected chi connectivity index (χ4v) is 0. The first-order chi connectivity index (χ1) is 0. The molecule has 0 aliphatic carbocycles. The van der Waals surface area contributed by atoms with Crippen molar-refractivity contribution in [1.82, 2.24) is 0 Å². The van der Waals surface area contributed by atoms with E-state index in [-0.39, 0.29) is 96.0 Å². The second kappa shape index (κ2) is 17.3. The Morgan fingerprint density at radius 3 is 0.750 bits per heavy atom. The van der Waals surface area contributed by atoms with Crippen LogP contribution in [-0.2, 0) is 0 Å². The van der Waals surface area contributed by atoms with Gasteiger partial charge in [0.05, 0.1) is 0 Å². The zero-order valence-electron chi connectivity index (χ0n) is 0.816. The Kier molecular flexibility index (Phi) is 129. The van der Waals surface area contributed by atoms with Gasteiger partial charge in [-0.25, -0.2) is 0 Å². The normalized spacial score (nSPS) is 0. The Balaban J connectivity index is 0. The molecule has 4 heteroatoms. The third-order valence-electron chi connectivity index (χ3n) is 0. The average Bonchev–Trinajstić information content (AvgIpc) is 0. The summed E-state index contributed by atoms with van der Waals surface area (Å²) >= 11 is 0. The van der Waals surface area contributed by atoms with E-state index in [4.69, 9.17) is 0 Å². The molecule has 0 nitrogen and oxygen atoms in total. The van der Waals surface area contributed by atoms with Crippen LogP contribution in [0.15, 0.2) is 0 Å². The Bertz CT molecular complexity index is 6.00. The van der Waals surface area contributed by atoms with Gasteiger partial charge in [0.2, 0.25) is 0 Å². The summed E-state index contributed by atoms with van der Waals surface area (Å²) in [4.78, 5) is 0. The molecular formula is H6BaCaF2. The number of hydrogen-bond acceptors (Lipinski definition) is 0. The summed E-state index contributed by atoms with van der Waals surface area (Å²) in [7, 11) is 0. The number of hydrogen-bond donors (Lipinski definition) is 0. The Hall–Kier alpha value is 2.69.